The van der Waals surface area contributed by atoms with Gasteiger partial charge in [0.2, 0.25) is 0 Å². The molecule has 0 atom stereocenters. The molecule has 0 bridgehead atoms. The lowest BCUT2D eigenvalue weighted by Gasteiger charge is -2.06. The molecule has 17 heavy (non-hydrogen) atoms. The number of pyridine rings is 1. The first-order chi connectivity index (χ1) is 8.06. The van der Waals surface area contributed by atoms with Crippen molar-refractivity contribution in [2.45, 2.75) is 32.7 Å². The molecular weight excluding hydrogens is 240 g/mol. The van der Waals surface area contributed by atoms with Gasteiger partial charge in [0.05, 0.1) is 11.1 Å². The van der Waals surface area contributed by atoms with E-state index in [-0.39, 0.29) is 11.2 Å². The molecule has 0 unspecified atom stereocenters. The Morgan fingerprint density at radius 3 is 2.71 bits per heavy atom. The number of thiol groups is 1. The highest BCUT2D eigenvalue weighted by Crippen LogP contribution is 2.14. The molecule has 1 heterocycles. The normalized spacial score (nSPS) is 10.5. The van der Waals surface area contributed by atoms with Crippen molar-refractivity contribution in [3.63, 3.8) is 0 Å². The summed E-state index contributed by atoms with van der Waals surface area (Å²) in [5.74, 6) is 0.822. The first-order valence-electron chi connectivity index (χ1n) is 5.52. The summed E-state index contributed by atoms with van der Waals surface area (Å²) in [6.07, 6.45) is 4.13. The number of unbranched alkanes of at least 4 members (excludes halogenated alkanes) is 2. The average Bonchev–Trinajstić information content (AvgIpc) is 2.26. The van der Waals surface area contributed by atoms with Crippen LogP contribution in [0.5, 0.6) is 0 Å². The van der Waals surface area contributed by atoms with E-state index in [1.165, 1.54) is 16.8 Å². The summed E-state index contributed by atoms with van der Waals surface area (Å²) in [7, 11) is 0. The molecule has 0 amide bonds. The van der Waals surface area contributed by atoms with Crippen LogP contribution in [0.4, 0.5) is 5.69 Å². The summed E-state index contributed by atoms with van der Waals surface area (Å²) in [6, 6.07) is 1.32. The van der Waals surface area contributed by atoms with Crippen LogP contribution in [0.3, 0.4) is 0 Å². The number of nitro groups is 1. The Kier molecular flexibility index (Phi) is 5.21. The van der Waals surface area contributed by atoms with E-state index in [0.717, 1.165) is 25.0 Å². The summed E-state index contributed by atoms with van der Waals surface area (Å²) in [6.45, 7) is 2.10. The highest BCUT2D eigenvalue weighted by atomic mass is 32.1. The first kappa shape index (κ1) is 13.8. The van der Waals surface area contributed by atoms with Crippen molar-refractivity contribution in [1.82, 2.24) is 4.57 Å². The Morgan fingerprint density at radius 2 is 2.12 bits per heavy atom. The van der Waals surface area contributed by atoms with E-state index in [1.807, 2.05) is 0 Å². The predicted molar refractivity (Wildman–Crippen MR) is 69.8 cm³/mol. The fourth-order valence-corrected chi connectivity index (χ4v) is 1.82. The summed E-state index contributed by atoms with van der Waals surface area (Å²) in [4.78, 5) is 21.9. The SMILES string of the molecule is Cc1cc(=O)n(CCCCCS)cc1[N+](=O)[O-]. The molecule has 0 aliphatic rings. The predicted octanol–water partition coefficient (Wildman–Crippen LogP) is 2.17. The molecule has 5 nitrogen and oxygen atoms in total. The van der Waals surface area contributed by atoms with Gasteiger partial charge in [0, 0.05) is 18.2 Å². The Bertz CT molecular complexity index is 457. The number of hydrogen-bond acceptors (Lipinski definition) is 4. The maximum absolute atomic E-state index is 11.6. The summed E-state index contributed by atoms with van der Waals surface area (Å²) < 4.78 is 1.41. The van der Waals surface area contributed by atoms with Crippen molar-refractivity contribution in [1.29, 1.82) is 0 Å². The van der Waals surface area contributed by atoms with E-state index in [1.54, 1.807) is 6.92 Å². The van der Waals surface area contributed by atoms with Crippen molar-refractivity contribution in [3.8, 4) is 0 Å². The van der Waals surface area contributed by atoms with Crippen LogP contribution in [0.1, 0.15) is 24.8 Å². The summed E-state index contributed by atoms with van der Waals surface area (Å²) >= 11 is 4.10. The Labute approximate surface area is 105 Å². The molecule has 94 valence electrons. The van der Waals surface area contributed by atoms with Crippen LogP contribution in [0.25, 0.3) is 0 Å². The van der Waals surface area contributed by atoms with Gasteiger partial charge in [0.15, 0.2) is 0 Å². The monoisotopic (exact) mass is 256 g/mol. The molecule has 1 aromatic heterocycles. The van der Waals surface area contributed by atoms with Gasteiger partial charge < -0.3 is 4.57 Å². The molecule has 0 saturated carbocycles. The molecule has 0 radical (unpaired) electrons. The third-order valence-electron chi connectivity index (χ3n) is 2.56. The minimum Gasteiger partial charge on any atom is -0.309 e. The van der Waals surface area contributed by atoms with Gasteiger partial charge in [0.1, 0.15) is 0 Å². The number of aryl methyl sites for hydroxylation is 2. The summed E-state index contributed by atoms with van der Waals surface area (Å²) in [5.41, 5.74) is 0.226. The van der Waals surface area contributed by atoms with Gasteiger partial charge in [-0.3, -0.25) is 14.9 Å². The molecule has 0 N–H and O–H groups in total. The van der Waals surface area contributed by atoms with Crippen molar-refractivity contribution in [3.05, 3.63) is 38.3 Å². The molecule has 6 heteroatoms. The van der Waals surface area contributed by atoms with Crippen LogP contribution in [0.2, 0.25) is 0 Å². The lowest BCUT2D eigenvalue weighted by atomic mass is 10.2. The van der Waals surface area contributed by atoms with Crippen LogP contribution in [-0.4, -0.2) is 15.2 Å². The molecule has 1 aromatic rings. The molecule has 0 aliphatic heterocycles. The van der Waals surface area contributed by atoms with E-state index in [2.05, 4.69) is 12.6 Å². The maximum atomic E-state index is 11.6. The quantitative estimate of drug-likeness (QED) is 0.367. The van der Waals surface area contributed by atoms with E-state index in [0.29, 0.717) is 12.1 Å². The largest absolute Gasteiger partial charge is 0.309 e. The van der Waals surface area contributed by atoms with Gasteiger partial charge >= 0.3 is 0 Å². The lowest BCUT2D eigenvalue weighted by molar-refractivity contribution is -0.385. The molecule has 0 saturated heterocycles. The Morgan fingerprint density at radius 1 is 1.41 bits per heavy atom. The van der Waals surface area contributed by atoms with Gasteiger partial charge in [0.25, 0.3) is 11.2 Å². The van der Waals surface area contributed by atoms with Crippen molar-refractivity contribution < 1.29 is 4.92 Å². The zero-order valence-electron chi connectivity index (χ0n) is 9.76. The van der Waals surface area contributed by atoms with Crippen LogP contribution >= 0.6 is 12.6 Å². The van der Waals surface area contributed by atoms with Gasteiger partial charge in [-0.25, -0.2) is 0 Å². The second-order valence-electron chi connectivity index (χ2n) is 3.91. The Balaban J connectivity index is 2.81. The van der Waals surface area contributed by atoms with Crippen molar-refractivity contribution in [2.75, 3.05) is 5.75 Å². The zero-order valence-corrected chi connectivity index (χ0v) is 10.7. The lowest BCUT2D eigenvalue weighted by Crippen LogP contribution is -2.20. The van der Waals surface area contributed by atoms with Gasteiger partial charge in [-0.2, -0.15) is 12.6 Å². The maximum Gasteiger partial charge on any atom is 0.288 e. The average molecular weight is 256 g/mol. The number of aromatic nitrogens is 1. The van der Waals surface area contributed by atoms with Gasteiger partial charge in [-0.1, -0.05) is 6.42 Å². The smallest absolute Gasteiger partial charge is 0.288 e. The summed E-state index contributed by atoms with van der Waals surface area (Å²) in [5, 5.41) is 10.7. The third kappa shape index (κ3) is 3.89. The first-order valence-corrected chi connectivity index (χ1v) is 6.16. The molecule has 0 spiro atoms. The third-order valence-corrected chi connectivity index (χ3v) is 2.88. The van der Waals surface area contributed by atoms with E-state index in [4.69, 9.17) is 0 Å². The number of hydrogen-bond donors (Lipinski definition) is 1. The molecule has 0 aliphatic carbocycles. The minimum atomic E-state index is -0.459. The molecule has 0 fully saturated rings. The highest BCUT2D eigenvalue weighted by molar-refractivity contribution is 7.80. The molecule has 0 aromatic carbocycles. The molecular formula is C11H16N2O3S. The highest BCUT2D eigenvalue weighted by Gasteiger charge is 2.12. The second-order valence-corrected chi connectivity index (χ2v) is 4.36. The second kappa shape index (κ2) is 6.44. The van der Waals surface area contributed by atoms with Crippen LogP contribution < -0.4 is 5.56 Å². The topological polar surface area (TPSA) is 65.1 Å². The number of nitrogens with zero attached hydrogens (tertiary/aromatic N) is 2. The minimum absolute atomic E-state index is 0.00112. The zero-order chi connectivity index (χ0) is 12.8. The van der Waals surface area contributed by atoms with E-state index >= 15 is 0 Å². The molecule has 1 rings (SSSR count). The van der Waals surface area contributed by atoms with Crippen LogP contribution in [-0.2, 0) is 6.54 Å². The van der Waals surface area contributed by atoms with Crippen molar-refractivity contribution >= 4 is 18.3 Å². The fraction of sp³-hybridized carbons (Fsp3) is 0.545. The van der Waals surface area contributed by atoms with Gasteiger partial charge in [-0.05, 0) is 25.5 Å². The number of rotatable bonds is 6. The fourth-order valence-electron chi connectivity index (χ4n) is 1.59. The van der Waals surface area contributed by atoms with E-state index < -0.39 is 4.92 Å². The van der Waals surface area contributed by atoms with Crippen LogP contribution in [0.15, 0.2) is 17.1 Å². The Hall–Kier alpha value is -1.30. The standard InChI is InChI=1S/C11H16N2O3S/c1-9-7-11(14)12(5-3-2-4-6-17)8-10(9)13(15)16/h7-8,17H,2-6H2,1H3. The van der Waals surface area contributed by atoms with Crippen molar-refractivity contribution in [2.24, 2.45) is 0 Å². The van der Waals surface area contributed by atoms with Crippen LogP contribution in [0, 0.1) is 17.0 Å². The van der Waals surface area contributed by atoms with E-state index in [9.17, 15) is 14.9 Å². The van der Waals surface area contributed by atoms with Gasteiger partial charge in [-0.15, -0.1) is 0 Å².